The predicted molar refractivity (Wildman–Crippen MR) is 114 cm³/mol. The van der Waals surface area contributed by atoms with Gasteiger partial charge in [0, 0.05) is 5.92 Å². The van der Waals surface area contributed by atoms with Gasteiger partial charge in [0.1, 0.15) is 17.7 Å². The van der Waals surface area contributed by atoms with Crippen molar-refractivity contribution < 1.29 is 19.1 Å². The van der Waals surface area contributed by atoms with E-state index in [0.717, 1.165) is 11.1 Å². The van der Waals surface area contributed by atoms with Crippen molar-refractivity contribution in [3.05, 3.63) is 71.3 Å². The molecule has 5 nitrogen and oxygen atoms in total. The fraction of sp³-hybridized carbons (Fsp3) is 0.417. The van der Waals surface area contributed by atoms with Crippen LogP contribution in [0.25, 0.3) is 0 Å². The summed E-state index contributed by atoms with van der Waals surface area (Å²) in [6.07, 6.45) is -1.07. The molecule has 0 saturated heterocycles. The van der Waals surface area contributed by atoms with Crippen LogP contribution in [0.15, 0.2) is 54.6 Å². The van der Waals surface area contributed by atoms with Gasteiger partial charge in [-0.15, -0.1) is 0 Å². The zero-order valence-corrected chi connectivity index (χ0v) is 18.1. The van der Waals surface area contributed by atoms with Gasteiger partial charge in [-0.2, -0.15) is 0 Å². The number of benzene rings is 2. The zero-order chi connectivity index (χ0) is 21.6. The Morgan fingerprint density at radius 2 is 1.45 bits per heavy atom. The van der Waals surface area contributed by atoms with E-state index < -0.39 is 29.8 Å². The number of carbonyl (C=O) groups excluding carboxylic acids is 2. The van der Waals surface area contributed by atoms with Crippen molar-refractivity contribution in [2.45, 2.75) is 65.2 Å². The second-order valence-corrected chi connectivity index (χ2v) is 8.31. The molecular weight excluding hydrogens is 366 g/mol. The molecule has 0 unspecified atom stereocenters. The van der Waals surface area contributed by atoms with E-state index in [1.165, 1.54) is 5.56 Å². The van der Waals surface area contributed by atoms with Crippen molar-refractivity contribution in [1.29, 1.82) is 0 Å². The van der Waals surface area contributed by atoms with Gasteiger partial charge in [0.15, 0.2) is 0 Å². The predicted octanol–water partition coefficient (Wildman–Crippen LogP) is 4.97. The van der Waals surface area contributed by atoms with Crippen LogP contribution in [-0.4, -0.2) is 29.8 Å². The van der Waals surface area contributed by atoms with Crippen molar-refractivity contribution in [3.8, 4) is 0 Å². The number of amides is 1. The Labute approximate surface area is 173 Å². The largest absolute Gasteiger partial charge is 0.460 e. The molecule has 0 aromatic heterocycles. The highest BCUT2D eigenvalue weighted by atomic mass is 16.6. The lowest BCUT2D eigenvalue weighted by Crippen LogP contribution is -2.43. The summed E-state index contributed by atoms with van der Waals surface area (Å²) >= 11 is 0. The smallest absolute Gasteiger partial charge is 0.408 e. The molecule has 2 rings (SSSR count). The molecule has 0 aliphatic rings. The third-order valence-electron chi connectivity index (χ3n) is 4.45. The van der Waals surface area contributed by atoms with Crippen LogP contribution in [0.2, 0.25) is 0 Å². The van der Waals surface area contributed by atoms with Crippen LogP contribution in [0.5, 0.6) is 0 Å². The minimum atomic E-state index is -0.818. The van der Waals surface area contributed by atoms with Crippen molar-refractivity contribution in [2.24, 2.45) is 0 Å². The Morgan fingerprint density at radius 1 is 0.897 bits per heavy atom. The Balaban J connectivity index is 2.13. The zero-order valence-electron chi connectivity index (χ0n) is 18.1. The van der Waals surface area contributed by atoms with Crippen LogP contribution < -0.4 is 5.32 Å². The molecule has 0 radical (unpaired) electrons. The summed E-state index contributed by atoms with van der Waals surface area (Å²) in [6, 6.07) is 17.3. The van der Waals surface area contributed by atoms with Crippen LogP contribution in [-0.2, 0) is 14.3 Å². The lowest BCUT2D eigenvalue weighted by Gasteiger charge is -2.27. The van der Waals surface area contributed by atoms with E-state index in [9.17, 15) is 9.59 Å². The van der Waals surface area contributed by atoms with Crippen LogP contribution in [0.4, 0.5) is 4.79 Å². The number of esters is 1. The molecule has 1 amide bonds. The van der Waals surface area contributed by atoms with Gasteiger partial charge in [-0.3, -0.25) is 0 Å². The van der Waals surface area contributed by atoms with E-state index >= 15 is 0 Å². The van der Waals surface area contributed by atoms with E-state index in [2.05, 4.69) is 17.4 Å². The van der Waals surface area contributed by atoms with E-state index in [0.29, 0.717) is 0 Å². The second kappa shape index (κ2) is 9.59. The molecule has 2 aromatic rings. The molecule has 2 aromatic carbocycles. The first kappa shape index (κ1) is 22.5. The SMILES string of the molecule is Cc1ccc([C@H](c2ccccc2)[C@H](C)OC(=O)[C@H](C)NC(=O)OC(C)(C)C)cc1. The maximum atomic E-state index is 12.6. The summed E-state index contributed by atoms with van der Waals surface area (Å²) in [5, 5.41) is 2.53. The van der Waals surface area contributed by atoms with Crippen molar-refractivity contribution in [1.82, 2.24) is 5.32 Å². The number of nitrogens with one attached hydrogen (secondary N) is 1. The van der Waals surface area contributed by atoms with Gasteiger partial charge < -0.3 is 14.8 Å². The highest BCUT2D eigenvalue weighted by Gasteiger charge is 2.28. The topological polar surface area (TPSA) is 64.6 Å². The molecule has 0 saturated carbocycles. The number of hydrogen-bond acceptors (Lipinski definition) is 4. The standard InChI is InChI=1S/C24H31NO4/c1-16-12-14-20(15-13-16)21(19-10-8-7-9-11-19)18(3)28-22(26)17(2)25-23(27)29-24(4,5)6/h7-15,17-18,21H,1-6H3,(H,25,27)/t17-,18-,21-/m0/s1. The number of rotatable bonds is 6. The van der Waals surface area contributed by atoms with Crippen LogP contribution in [0.1, 0.15) is 57.2 Å². The molecule has 0 spiro atoms. The Hall–Kier alpha value is -2.82. The molecule has 0 bridgehead atoms. The molecule has 1 N–H and O–H groups in total. The number of alkyl carbamates (subject to hydrolysis) is 1. The fourth-order valence-electron chi connectivity index (χ4n) is 3.07. The maximum Gasteiger partial charge on any atom is 0.408 e. The normalized spacial score (nSPS) is 14.4. The van der Waals surface area contributed by atoms with Crippen LogP contribution in [0.3, 0.4) is 0 Å². The monoisotopic (exact) mass is 397 g/mol. The quantitative estimate of drug-likeness (QED) is 0.699. The van der Waals surface area contributed by atoms with Gasteiger partial charge in [0.25, 0.3) is 0 Å². The molecule has 0 aliphatic carbocycles. The van der Waals surface area contributed by atoms with Crippen LogP contribution in [0, 0.1) is 6.92 Å². The van der Waals surface area contributed by atoms with Crippen molar-refractivity contribution in [2.75, 3.05) is 0 Å². The first-order valence-electron chi connectivity index (χ1n) is 9.88. The number of hydrogen-bond donors (Lipinski definition) is 1. The summed E-state index contributed by atoms with van der Waals surface area (Å²) < 4.78 is 10.9. The van der Waals surface area contributed by atoms with E-state index in [-0.39, 0.29) is 5.92 Å². The molecule has 29 heavy (non-hydrogen) atoms. The average molecular weight is 398 g/mol. The second-order valence-electron chi connectivity index (χ2n) is 8.31. The Morgan fingerprint density at radius 3 is 2.00 bits per heavy atom. The third kappa shape index (κ3) is 6.93. The first-order valence-corrected chi connectivity index (χ1v) is 9.88. The van der Waals surface area contributed by atoms with E-state index in [4.69, 9.17) is 9.47 Å². The minimum Gasteiger partial charge on any atom is -0.460 e. The summed E-state index contributed by atoms with van der Waals surface area (Å²) in [6.45, 7) is 10.8. The minimum absolute atomic E-state index is 0.116. The van der Waals surface area contributed by atoms with Gasteiger partial charge in [-0.25, -0.2) is 9.59 Å². The van der Waals surface area contributed by atoms with E-state index in [1.54, 1.807) is 27.7 Å². The fourth-order valence-corrected chi connectivity index (χ4v) is 3.07. The Bertz CT molecular complexity index is 809. The van der Waals surface area contributed by atoms with Gasteiger partial charge in [0.05, 0.1) is 0 Å². The number of aryl methyl sites for hydroxylation is 1. The molecule has 0 fully saturated rings. The summed E-state index contributed by atoms with van der Waals surface area (Å²) in [5.41, 5.74) is 2.66. The molecule has 3 atom stereocenters. The summed E-state index contributed by atoms with van der Waals surface area (Å²) in [5.74, 6) is -0.620. The van der Waals surface area contributed by atoms with Gasteiger partial charge >= 0.3 is 12.1 Å². The highest BCUT2D eigenvalue weighted by Crippen LogP contribution is 2.30. The third-order valence-corrected chi connectivity index (χ3v) is 4.45. The summed E-state index contributed by atoms with van der Waals surface area (Å²) in [4.78, 5) is 24.5. The lowest BCUT2D eigenvalue weighted by atomic mass is 9.87. The lowest BCUT2D eigenvalue weighted by molar-refractivity contribution is -0.150. The first-order chi connectivity index (χ1) is 13.6. The van der Waals surface area contributed by atoms with Crippen molar-refractivity contribution in [3.63, 3.8) is 0 Å². The molecule has 0 aliphatic heterocycles. The van der Waals surface area contributed by atoms with E-state index in [1.807, 2.05) is 56.3 Å². The Kier molecular flexibility index (Phi) is 7.43. The molecule has 5 heteroatoms. The number of ether oxygens (including phenoxy) is 2. The van der Waals surface area contributed by atoms with Gasteiger partial charge in [-0.1, -0.05) is 60.2 Å². The number of carbonyl (C=O) groups is 2. The van der Waals surface area contributed by atoms with Gasteiger partial charge in [0.2, 0.25) is 0 Å². The van der Waals surface area contributed by atoms with Gasteiger partial charge in [-0.05, 0) is 52.7 Å². The molecule has 0 heterocycles. The average Bonchev–Trinajstić information content (AvgIpc) is 2.62. The highest BCUT2D eigenvalue weighted by molar-refractivity contribution is 5.81. The molecule has 156 valence electrons. The maximum absolute atomic E-state index is 12.6. The van der Waals surface area contributed by atoms with Crippen LogP contribution >= 0.6 is 0 Å². The summed E-state index contributed by atoms with van der Waals surface area (Å²) in [7, 11) is 0. The molecular formula is C24H31NO4. The van der Waals surface area contributed by atoms with Crippen molar-refractivity contribution >= 4 is 12.1 Å².